The zero-order valence-electron chi connectivity index (χ0n) is 9.13. The maximum atomic E-state index is 8.77. The summed E-state index contributed by atoms with van der Waals surface area (Å²) in [6.07, 6.45) is 0. The molecule has 0 aliphatic heterocycles. The molecule has 0 radical (unpaired) electrons. The van der Waals surface area contributed by atoms with Crippen molar-refractivity contribution >= 4 is 31.3 Å². The molecule has 21 heavy (non-hydrogen) atoms. The van der Waals surface area contributed by atoms with Gasteiger partial charge < -0.3 is 58.7 Å². The summed E-state index contributed by atoms with van der Waals surface area (Å²) in [4.78, 5) is 91.7. The first-order valence-electron chi connectivity index (χ1n) is 3.06. The minimum absolute atomic E-state index is 0. The molecule has 0 fully saturated rings. The van der Waals surface area contributed by atoms with E-state index in [1.807, 2.05) is 0 Å². The van der Waals surface area contributed by atoms with Crippen molar-refractivity contribution < 1.29 is 98.7 Å². The molecule has 0 atom stereocenters. The molecule has 8 N–H and O–H groups in total. The summed E-state index contributed by atoms with van der Waals surface area (Å²) >= 11 is 0. The zero-order valence-corrected chi connectivity index (χ0v) is 14.3. The average Bonchev–Trinajstić information content (AvgIpc) is 1.62. The van der Waals surface area contributed by atoms with Gasteiger partial charge in [0, 0.05) is 0 Å². The van der Waals surface area contributed by atoms with Gasteiger partial charge in [-0.15, -0.1) is 0 Å². The van der Waals surface area contributed by atoms with Crippen LogP contribution in [0.3, 0.4) is 0 Å². The van der Waals surface area contributed by atoms with Gasteiger partial charge in [0.05, 0.1) is 0 Å². The Balaban J connectivity index is -0.0000000533. The Kier molecular flexibility index (Phi) is 21.8. The van der Waals surface area contributed by atoms with Gasteiger partial charge in [0.25, 0.3) is 31.3 Å². The van der Waals surface area contributed by atoms with Gasteiger partial charge >= 0.3 is 21.7 Å². The van der Waals surface area contributed by atoms with Gasteiger partial charge in [-0.05, 0) is 0 Å². The van der Waals surface area contributed by atoms with Crippen LogP contribution in [0, 0.1) is 0 Å². The third-order valence-corrected chi connectivity index (χ3v) is 0. The van der Waals surface area contributed by atoms with Crippen LogP contribution in [-0.2, 0) is 40.0 Å². The topological polar surface area (TPSA) is 322 Å². The van der Waals surface area contributed by atoms with E-state index >= 15 is 0 Å². The SMILES string of the molecule is O=P([O-])(O)O.O=P([O-])(O)O.O=P([O-])(O)O.O=P([O-])(O)O.[Ti+4]. The molecule has 0 aromatic carbocycles. The number of hydrogen-bond acceptors (Lipinski definition) is 8. The van der Waals surface area contributed by atoms with E-state index in [4.69, 9.17) is 77.0 Å². The minimum atomic E-state index is -4.89. The van der Waals surface area contributed by atoms with Crippen molar-refractivity contribution in [1.82, 2.24) is 0 Å². The Hall–Kier alpha value is 1.15. The second-order valence-corrected chi connectivity index (χ2v) is 5.89. The standard InChI is InChI=1S/4H3O4P.Ti/c4*1-5(2,3)4;/h4*(H3,1,2,3,4);/q;;;;+4/p-4. The van der Waals surface area contributed by atoms with Gasteiger partial charge in [-0.3, -0.25) is 18.3 Å². The van der Waals surface area contributed by atoms with E-state index in [0.29, 0.717) is 0 Å². The fourth-order valence-corrected chi connectivity index (χ4v) is 0. The normalized spacial score (nSPS) is 11.2. The van der Waals surface area contributed by atoms with Gasteiger partial charge in [-0.2, -0.15) is 0 Å². The van der Waals surface area contributed by atoms with Gasteiger partial charge in [0.15, 0.2) is 0 Å². The molecule has 0 bridgehead atoms. The predicted octanol–water partition coefficient (Wildman–Crippen LogP) is -6.24. The molecule has 16 nitrogen and oxygen atoms in total. The molecular formula is H8O16P4Ti. The van der Waals surface area contributed by atoms with Crippen molar-refractivity contribution in [2.45, 2.75) is 0 Å². The summed E-state index contributed by atoms with van der Waals surface area (Å²) in [6.45, 7) is 0. The molecule has 21 heteroatoms. The van der Waals surface area contributed by atoms with Crippen molar-refractivity contribution in [2.75, 3.05) is 0 Å². The van der Waals surface area contributed by atoms with Crippen LogP contribution >= 0.6 is 31.3 Å². The maximum Gasteiger partial charge on any atom is 4.00 e. The molecule has 0 saturated carbocycles. The molecule has 0 aromatic rings. The molecule has 0 amide bonds. The van der Waals surface area contributed by atoms with Crippen LogP contribution in [0.5, 0.6) is 0 Å². The van der Waals surface area contributed by atoms with Crippen LogP contribution in [-0.4, -0.2) is 39.1 Å². The number of hydrogen-bond donors (Lipinski definition) is 8. The van der Waals surface area contributed by atoms with E-state index in [9.17, 15) is 0 Å². The van der Waals surface area contributed by atoms with Crippen molar-refractivity contribution in [3.63, 3.8) is 0 Å². The fraction of sp³-hybridized carbons (Fsp3) is 0. The predicted molar refractivity (Wildman–Crippen MR) is 48.2 cm³/mol. The summed E-state index contributed by atoms with van der Waals surface area (Å²) in [5.74, 6) is 0. The van der Waals surface area contributed by atoms with Crippen molar-refractivity contribution in [3.05, 3.63) is 0 Å². The quantitative estimate of drug-likeness (QED) is 0.129. The van der Waals surface area contributed by atoms with E-state index in [-0.39, 0.29) is 21.7 Å². The van der Waals surface area contributed by atoms with Gasteiger partial charge in [0.2, 0.25) is 0 Å². The first-order valence-corrected chi connectivity index (χ1v) is 9.18. The summed E-state index contributed by atoms with van der Waals surface area (Å²) in [5.41, 5.74) is 0. The summed E-state index contributed by atoms with van der Waals surface area (Å²) in [7, 11) is -19.6. The summed E-state index contributed by atoms with van der Waals surface area (Å²) in [6, 6.07) is 0. The Morgan fingerprint density at radius 2 is 0.429 bits per heavy atom. The maximum absolute atomic E-state index is 8.77. The third-order valence-electron chi connectivity index (χ3n) is 0. The first-order chi connectivity index (χ1) is 8.00. The molecule has 0 aromatic heterocycles. The smallest absolute Gasteiger partial charge is 0.756 e. The second-order valence-electron chi connectivity index (χ2n) is 1.96. The largest absolute Gasteiger partial charge is 4.00 e. The van der Waals surface area contributed by atoms with Crippen LogP contribution in [0.15, 0.2) is 0 Å². The molecule has 0 spiro atoms. The third kappa shape index (κ3) is 5830. The van der Waals surface area contributed by atoms with E-state index < -0.39 is 31.3 Å². The van der Waals surface area contributed by atoms with Gasteiger partial charge in [-0.1, -0.05) is 0 Å². The number of rotatable bonds is 0. The molecule has 0 rings (SSSR count). The van der Waals surface area contributed by atoms with Gasteiger partial charge in [0.1, 0.15) is 0 Å². The minimum Gasteiger partial charge on any atom is -0.756 e. The summed E-state index contributed by atoms with van der Waals surface area (Å²) < 4.78 is 35.1. The van der Waals surface area contributed by atoms with Crippen molar-refractivity contribution in [1.29, 1.82) is 0 Å². The Bertz CT molecular complexity index is 285. The number of phosphoric acid groups is 4. The average molecular weight is 436 g/mol. The molecular weight excluding hydrogens is 428 g/mol. The van der Waals surface area contributed by atoms with Crippen molar-refractivity contribution in [3.8, 4) is 0 Å². The van der Waals surface area contributed by atoms with E-state index in [0.717, 1.165) is 0 Å². The zero-order chi connectivity index (χ0) is 18.0. The fourth-order valence-electron chi connectivity index (χ4n) is 0. The monoisotopic (exact) mass is 436 g/mol. The van der Waals surface area contributed by atoms with Crippen LogP contribution < -0.4 is 19.6 Å². The van der Waals surface area contributed by atoms with Crippen LogP contribution in [0.1, 0.15) is 0 Å². The molecule has 0 saturated heterocycles. The van der Waals surface area contributed by atoms with Crippen molar-refractivity contribution in [2.24, 2.45) is 0 Å². The van der Waals surface area contributed by atoms with Crippen LogP contribution in [0.25, 0.3) is 0 Å². The molecule has 128 valence electrons. The molecule has 0 aliphatic rings. The van der Waals surface area contributed by atoms with E-state index in [1.165, 1.54) is 0 Å². The van der Waals surface area contributed by atoms with Crippen LogP contribution in [0.2, 0.25) is 0 Å². The molecule has 0 unspecified atom stereocenters. The second kappa shape index (κ2) is 13.6. The van der Waals surface area contributed by atoms with Gasteiger partial charge in [-0.25, -0.2) is 0 Å². The van der Waals surface area contributed by atoms with E-state index in [1.54, 1.807) is 0 Å². The molecule has 0 heterocycles. The van der Waals surface area contributed by atoms with E-state index in [2.05, 4.69) is 0 Å². The Labute approximate surface area is 130 Å². The molecule has 0 aliphatic carbocycles. The first kappa shape index (κ1) is 33.7. The summed E-state index contributed by atoms with van der Waals surface area (Å²) in [5, 5.41) is 0. The van der Waals surface area contributed by atoms with Crippen LogP contribution in [0.4, 0.5) is 0 Å². The Morgan fingerprint density at radius 1 is 0.429 bits per heavy atom. The Morgan fingerprint density at radius 3 is 0.429 bits per heavy atom.